The van der Waals surface area contributed by atoms with Crippen molar-refractivity contribution in [2.24, 2.45) is 5.92 Å². The first-order chi connectivity index (χ1) is 8.81. The molecule has 0 saturated carbocycles. The summed E-state index contributed by atoms with van der Waals surface area (Å²) >= 11 is 0. The maximum absolute atomic E-state index is 5.64. The molecule has 1 aromatic heterocycles. The number of nitrogens with one attached hydrogen (secondary N) is 1. The second-order valence-electron chi connectivity index (χ2n) is 5.40. The highest BCUT2D eigenvalue weighted by Gasteiger charge is 2.21. The second-order valence-corrected chi connectivity index (χ2v) is 5.40. The van der Waals surface area contributed by atoms with E-state index in [1.54, 1.807) is 0 Å². The highest BCUT2D eigenvalue weighted by molar-refractivity contribution is 5.12. The molecule has 1 atom stereocenters. The van der Waals surface area contributed by atoms with Crippen molar-refractivity contribution in [1.29, 1.82) is 0 Å². The van der Waals surface area contributed by atoms with Crippen LogP contribution in [0.2, 0.25) is 0 Å². The van der Waals surface area contributed by atoms with Crippen molar-refractivity contribution in [3.05, 3.63) is 23.7 Å². The summed E-state index contributed by atoms with van der Waals surface area (Å²) in [6.45, 7) is 9.91. The Balaban J connectivity index is 1.76. The van der Waals surface area contributed by atoms with E-state index in [2.05, 4.69) is 30.1 Å². The molecule has 0 amide bonds. The summed E-state index contributed by atoms with van der Waals surface area (Å²) in [5.41, 5.74) is 1.27. The van der Waals surface area contributed by atoms with E-state index in [-0.39, 0.29) is 0 Å². The van der Waals surface area contributed by atoms with Gasteiger partial charge in [-0.1, -0.05) is 20.3 Å². The molecular formula is C15H26N2O. The molecule has 1 N–H and O–H groups in total. The molecular weight excluding hydrogens is 224 g/mol. The molecule has 1 unspecified atom stereocenters. The summed E-state index contributed by atoms with van der Waals surface area (Å²) in [6.07, 6.45) is 5.73. The molecule has 0 bridgehead atoms. The second kappa shape index (κ2) is 6.95. The average Bonchev–Trinajstić information content (AvgIpc) is 3.00. The molecule has 0 aliphatic carbocycles. The number of hydrogen-bond donors (Lipinski definition) is 1. The number of furan rings is 1. The molecule has 102 valence electrons. The van der Waals surface area contributed by atoms with Gasteiger partial charge in [0.05, 0.1) is 12.8 Å². The summed E-state index contributed by atoms with van der Waals surface area (Å²) < 4.78 is 5.64. The normalized spacial score (nSPS) is 20.7. The molecule has 1 aliphatic heterocycles. The zero-order valence-electron chi connectivity index (χ0n) is 11.7. The quantitative estimate of drug-likeness (QED) is 0.754. The summed E-state index contributed by atoms with van der Waals surface area (Å²) in [6, 6.07) is 2.20. The smallest absolute Gasteiger partial charge is 0.118 e. The van der Waals surface area contributed by atoms with Crippen molar-refractivity contribution in [3.8, 4) is 0 Å². The van der Waals surface area contributed by atoms with E-state index in [1.807, 2.05) is 6.26 Å². The van der Waals surface area contributed by atoms with Gasteiger partial charge in [0, 0.05) is 18.7 Å². The van der Waals surface area contributed by atoms with E-state index < -0.39 is 0 Å². The van der Waals surface area contributed by atoms with E-state index in [0.717, 1.165) is 31.3 Å². The fraction of sp³-hybridized carbons (Fsp3) is 0.733. The molecule has 2 heterocycles. The van der Waals surface area contributed by atoms with Crippen molar-refractivity contribution in [2.75, 3.05) is 19.6 Å². The van der Waals surface area contributed by atoms with Gasteiger partial charge < -0.3 is 9.73 Å². The molecule has 1 saturated heterocycles. The van der Waals surface area contributed by atoms with Crippen LogP contribution in [0.3, 0.4) is 0 Å². The minimum atomic E-state index is 0.894. The maximum Gasteiger partial charge on any atom is 0.118 e. The summed E-state index contributed by atoms with van der Waals surface area (Å²) in [5, 5.41) is 3.40. The number of nitrogens with zero attached hydrogens (tertiary/aromatic N) is 1. The Morgan fingerprint density at radius 1 is 1.44 bits per heavy atom. The van der Waals surface area contributed by atoms with Gasteiger partial charge in [0.25, 0.3) is 0 Å². The molecule has 3 heteroatoms. The van der Waals surface area contributed by atoms with Gasteiger partial charge in [-0.05, 0) is 37.9 Å². The van der Waals surface area contributed by atoms with Gasteiger partial charge in [0.2, 0.25) is 0 Å². The molecule has 2 rings (SSSR count). The zero-order chi connectivity index (χ0) is 12.8. The molecule has 0 radical (unpaired) electrons. The predicted octanol–water partition coefficient (Wildman–Crippen LogP) is 3.01. The van der Waals surface area contributed by atoms with E-state index in [4.69, 9.17) is 4.42 Å². The monoisotopic (exact) mass is 250 g/mol. The van der Waals surface area contributed by atoms with Gasteiger partial charge in [-0.15, -0.1) is 0 Å². The third kappa shape index (κ3) is 3.85. The van der Waals surface area contributed by atoms with Crippen molar-refractivity contribution in [3.63, 3.8) is 0 Å². The molecule has 18 heavy (non-hydrogen) atoms. The summed E-state index contributed by atoms with van der Waals surface area (Å²) in [7, 11) is 0. The first-order valence-corrected chi connectivity index (χ1v) is 7.31. The van der Waals surface area contributed by atoms with E-state index in [9.17, 15) is 0 Å². The maximum atomic E-state index is 5.64. The minimum absolute atomic E-state index is 0.894. The van der Waals surface area contributed by atoms with Gasteiger partial charge in [0.15, 0.2) is 0 Å². The van der Waals surface area contributed by atoms with Crippen LogP contribution < -0.4 is 5.32 Å². The highest BCUT2D eigenvalue weighted by Crippen LogP contribution is 2.21. The van der Waals surface area contributed by atoms with Crippen LogP contribution in [-0.4, -0.2) is 24.5 Å². The highest BCUT2D eigenvalue weighted by atomic mass is 16.3. The Morgan fingerprint density at radius 2 is 2.33 bits per heavy atom. The van der Waals surface area contributed by atoms with Gasteiger partial charge in [0.1, 0.15) is 5.76 Å². The van der Waals surface area contributed by atoms with Gasteiger partial charge in [-0.3, -0.25) is 4.90 Å². The first kappa shape index (κ1) is 13.6. The summed E-state index contributed by atoms with van der Waals surface area (Å²) in [4.78, 5) is 2.51. The van der Waals surface area contributed by atoms with Crippen LogP contribution >= 0.6 is 0 Å². The third-order valence-corrected chi connectivity index (χ3v) is 3.79. The zero-order valence-corrected chi connectivity index (χ0v) is 11.7. The average molecular weight is 250 g/mol. The Kier molecular flexibility index (Phi) is 5.26. The molecule has 3 nitrogen and oxygen atoms in total. The summed E-state index contributed by atoms with van der Waals surface area (Å²) in [5.74, 6) is 2.01. The first-order valence-electron chi connectivity index (χ1n) is 7.31. The van der Waals surface area contributed by atoms with Crippen molar-refractivity contribution in [1.82, 2.24) is 10.2 Å². The minimum Gasteiger partial charge on any atom is -0.468 e. The lowest BCUT2D eigenvalue weighted by Crippen LogP contribution is -2.19. The Labute approximate surface area is 111 Å². The van der Waals surface area contributed by atoms with Crippen LogP contribution in [0.1, 0.15) is 44.4 Å². The lowest BCUT2D eigenvalue weighted by molar-refractivity contribution is 0.285. The standard InChI is InChI=1S/C15H26N2O/c1-3-6-16-9-14-8-15(18-12-14)11-17-7-5-13(4-2)10-17/h8,12-13,16H,3-7,9-11H2,1-2H3. The van der Waals surface area contributed by atoms with Crippen LogP contribution in [0.25, 0.3) is 0 Å². The molecule has 0 aromatic carbocycles. The topological polar surface area (TPSA) is 28.4 Å². The lowest BCUT2D eigenvalue weighted by atomic mass is 10.1. The van der Waals surface area contributed by atoms with Crippen molar-refractivity contribution in [2.45, 2.75) is 46.2 Å². The number of hydrogen-bond acceptors (Lipinski definition) is 3. The third-order valence-electron chi connectivity index (χ3n) is 3.79. The van der Waals surface area contributed by atoms with Crippen LogP contribution in [0.4, 0.5) is 0 Å². The van der Waals surface area contributed by atoms with Gasteiger partial charge in [-0.2, -0.15) is 0 Å². The Bertz CT molecular complexity index is 348. The molecule has 0 spiro atoms. The van der Waals surface area contributed by atoms with Gasteiger partial charge in [-0.25, -0.2) is 0 Å². The molecule has 1 aromatic rings. The molecule has 1 aliphatic rings. The number of likely N-dealkylation sites (tertiary alicyclic amines) is 1. The SMILES string of the molecule is CCCNCc1coc(CN2CCC(CC)C2)c1. The van der Waals surface area contributed by atoms with Crippen LogP contribution in [0.5, 0.6) is 0 Å². The Hall–Kier alpha value is -0.800. The van der Waals surface area contributed by atoms with E-state index in [0.29, 0.717) is 0 Å². The van der Waals surface area contributed by atoms with Crippen LogP contribution in [-0.2, 0) is 13.1 Å². The lowest BCUT2D eigenvalue weighted by Gasteiger charge is -2.13. The number of rotatable bonds is 7. The Morgan fingerprint density at radius 3 is 3.06 bits per heavy atom. The predicted molar refractivity (Wildman–Crippen MR) is 74.4 cm³/mol. The largest absolute Gasteiger partial charge is 0.468 e. The van der Waals surface area contributed by atoms with E-state index in [1.165, 1.54) is 37.9 Å². The van der Waals surface area contributed by atoms with Gasteiger partial charge >= 0.3 is 0 Å². The fourth-order valence-electron chi connectivity index (χ4n) is 2.62. The van der Waals surface area contributed by atoms with E-state index >= 15 is 0 Å². The van der Waals surface area contributed by atoms with Crippen molar-refractivity contribution < 1.29 is 4.42 Å². The van der Waals surface area contributed by atoms with Crippen LogP contribution in [0.15, 0.2) is 16.7 Å². The molecule has 1 fully saturated rings. The van der Waals surface area contributed by atoms with Crippen molar-refractivity contribution >= 4 is 0 Å². The fourth-order valence-corrected chi connectivity index (χ4v) is 2.62. The van der Waals surface area contributed by atoms with Crippen LogP contribution in [0, 0.1) is 5.92 Å².